The van der Waals surface area contributed by atoms with Gasteiger partial charge >= 0.3 is 0 Å². The molecule has 4 heteroatoms. The maximum atomic E-state index is 5.47. The highest BCUT2D eigenvalue weighted by Gasteiger charge is 1.90. The molecule has 1 atom stereocenters. The van der Waals surface area contributed by atoms with Crippen LogP contribution in [0.5, 0.6) is 0 Å². The van der Waals surface area contributed by atoms with Gasteiger partial charge in [0.05, 0.1) is 0 Å². The molecule has 52 valence electrons. The fourth-order valence-electron chi connectivity index (χ4n) is 0.292. The highest BCUT2D eigenvalue weighted by atomic mass is 35.5. The van der Waals surface area contributed by atoms with Crippen LogP contribution in [0.4, 0.5) is 0 Å². The van der Waals surface area contributed by atoms with Gasteiger partial charge in [0.25, 0.3) is 0 Å². The first-order chi connectivity index (χ1) is 4.16. The molecule has 2 N–H and O–H groups in total. The molecule has 0 saturated heterocycles. The van der Waals surface area contributed by atoms with Crippen LogP contribution in [0.15, 0.2) is 17.3 Å². The van der Waals surface area contributed by atoms with E-state index in [4.69, 9.17) is 28.9 Å². The first-order valence-corrected chi connectivity index (χ1v) is 3.24. The van der Waals surface area contributed by atoms with E-state index in [2.05, 4.69) is 4.99 Å². The highest BCUT2D eigenvalue weighted by molar-refractivity contribution is 6.68. The van der Waals surface area contributed by atoms with Crippen LogP contribution in [-0.4, -0.2) is 10.7 Å². The quantitative estimate of drug-likeness (QED) is 0.379. The van der Waals surface area contributed by atoms with Crippen LogP contribution in [0.25, 0.3) is 0 Å². The normalized spacial score (nSPS) is 16.6. The number of hydrogen-bond acceptors (Lipinski definition) is 2. The van der Waals surface area contributed by atoms with Gasteiger partial charge in [0, 0.05) is 0 Å². The van der Waals surface area contributed by atoms with E-state index in [1.807, 2.05) is 0 Å². The zero-order valence-electron chi connectivity index (χ0n) is 5.01. The Morgan fingerprint density at radius 2 is 2.33 bits per heavy atom. The Kier molecular flexibility index (Phi) is 4.54. The molecule has 0 amide bonds. The number of hydrogen-bond donors (Lipinski definition) is 1. The second kappa shape index (κ2) is 4.65. The van der Waals surface area contributed by atoms with Crippen molar-refractivity contribution >= 4 is 28.4 Å². The van der Waals surface area contributed by atoms with Gasteiger partial charge in [0.1, 0.15) is 10.7 Å². The van der Waals surface area contributed by atoms with E-state index >= 15 is 0 Å². The predicted octanol–water partition coefficient (Wildman–Crippen LogP) is 1.68. The summed E-state index contributed by atoms with van der Waals surface area (Å²) in [5.41, 5.74) is 4.72. The maximum Gasteiger partial charge on any atom is 0.126 e. The van der Waals surface area contributed by atoms with Gasteiger partial charge in [0.2, 0.25) is 0 Å². The molecule has 0 bridgehead atoms. The average Bonchev–Trinajstić information content (AvgIpc) is 1.63. The summed E-state index contributed by atoms with van der Waals surface area (Å²) in [5.74, 6) is 0. The van der Waals surface area contributed by atoms with Crippen molar-refractivity contribution in [2.45, 2.75) is 12.4 Å². The van der Waals surface area contributed by atoms with Crippen molar-refractivity contribution in [1.29, 1.82) is 0 Å². The smallest absolute Gasteiger partial charge is 0.126 e. The Morgan fingerprint density at radius 3 is 2.67 bits per heavy atom. The Balaban J connectivity index is 3.84. The van der Waals surface area contributed by atoms with Crippen LogP contribution >= 0.6 is 23.2 Å². The summed E-state index contributed by atoms with van der Waals surface area (Å²) in [6.45, 7) is 1.72. The van der Waals surface area contributed by atoms with Crippen LogP contribution in [0.3, 0.4) is 0 Å². The van der Waals surface area contributed by atoms with Gasteiger partial charge in [-0.3, -0.25) is 4.99 Å². The van der Waals surface area contributed by atoms with Gasteiger partial charge in [-0.2, -0.15) is 0 Å². The second-order valence-electron chi connectivity index (χ2n) is 1.38. The molecule has 0 aliphatic rings. The van der Waals surface area contributed by atoms with E-state index < -0.39 is 0 Å². The minimum absolute atomic E-state index is 0.298. The number of alkyl halides is 1. The average molecular weight is 167 g/mol. The Bertz CT molecular complexity index is 129. The van der Waals surface area contributed by atoms with Gasteiger partial charge in [-0.25, -0.2) is 0 Å². The minimum atomic E-state index is -0.298. The second-order valence-corrected chi connectivity index (χ2v) is 2.40. The summed E-state index contributed by atoms with van der Waals surface area (Å²) in [4.78, 5) is 3.75. The fraction of sp³-hybridized carbons (Fsp3) is 0.400. The van der Waals surface area contributed by atoms with Crippen LogP contribution in [0.2, 0.25) is 0 Å². The molecule has 1 unspecified atom stereocenters. The van der Waals surface area contributed by atoms with Gasteiger partial charge in [0.15, 0.2) is 0 Å². The predicted molar refractivity (Wildman–Crippen MR) is 41.9 cm³/mol. The monoisotopic (exact) mass is 166 g/mol. The molecule has 0 saturated carbocycles. The third-order valence-electron chi connectivity index (χ3n) is 0.535. The molecule has 9 heavy (non-hydrogen) atoms. The van der Waals surface area contributed by atoms with Crippen LogP contribution in [0, 0.1) is 0 Å². The van der Waals surface area contributed by atoms with Crippen molar-refractivity contribution in [2.24, 2.45) is 10.7 Å². The van der Waals surface area contributed by atoms with E-state index in [0.29, 0.717) is 5.17 Å². The van der Waals surface area contributed by atoms with Gasteiger partial charge in [-0.15, -0.1) is 0 Å². The summed E-state index contributed by atoms with van der Waals surface area (Å²) in [7, 11) is 0. The number of allylic oxidation sites excluding steroid dienone is 1. The third-order valence-corrected chi connectivity index (χ3v) is 0.856. The standard InChI is InChI=1S/C5H8Cl2N2/c1-4(6)9-5(7)2-3-8/h2-4H,8H2,1H3/b3-2-,9-5?. The summed E-state index contributed by atoms with van der Waals surface area (Å²) in [6, 6.07) is 0. The third kappa shape index (κ3) is 5.66. The SMILES string of the molecule is CC(Cl)N=C(Cl)/C=C\N. The molecule has 0 aromatic heterocycles. The Labute approximate surface area is 64.4 Å². The van der Waals surface area contributed by atoms with Crippen molar-refractivity contribution in [3.63, 3.8) is 0 Å². The van der Waals surface area contributed by atoms with E-state index in [1.54, 1.807) is 6.92 Å². The van der Waals surface area contributed by atoms with E-state index in [0.717, 1.165) is 0 Å². The lowest BCUT2D eigenvalue weighted by molar-refractivity contribution is 1.04. The molecule has 0 radical (unpaired) electrons. The van der Waals surface area contributed by atoms with Crippen LogP contribution < -0.4 is 5.73 Å². The van der Waals surface area contributed by atoms with E-state index in [-0.39, 0.29) is 5.50 Å². The molecular weight excluding hydrogens is 159 g/mol. The Hall–Kier alpha value is -0.210. The number of aliphatic imine (C=N–C) groups is 1. The lowest BCUT2D eigenvalue weighted by Gasteiger charge is -1.91. The molecule has 0 heterocycles. The van der Waals surface area contributed by atoms with Gasteiger partial charge in [-0.1, -0.05) is 23.2 Å². The number of rotatable bonds is 2. The molecule has 0 spiro atoms. The van der Waals surface area contributed by atoms with Crippen molar-refractivity contribution in [3.05, 3.63) is 12.3 Å². The molecule has 0 aliphatic heterocycles. The zero-order chi connectivity index (χ0) is 7.28. The summed E-state index contributed by atoms with van der Waals surface area (Å²) in [5, 5.41) is 0.319. The summed E-state index contributed by atoms with van der Waals surface area (Å²) >= 11 is 10.9. The van der Waals surface area contributed by atoms with Crippen molar-refractivity contribution in [3.8, 4) is 0 Å². The van der Waals surface area contributed by atoms with E-state index in [1.165, 1.54) is 12.3 Å². The molecule has 0 rings (SSSR count). The number of nitrogens with zero attached hydrogens (tertiary/aromatic N) is 1. The number of halogens is 2. The summed E-state index contributed by atoms with van der Waals surface area (Å²) in [6.07, 6.45) is 2.78. The van der Waals surface area contributed by atoms with Gasteiger partial charge in [-0.05, 0) is 19.2 Å². The first-order valence-electron chi connectivity index (χ1n) is 2.42. The minimum Gasteiger partial charge on any atom is -0.405 e. The first kappa shape index (κ1) is 8.79. The molecule has 0 fully saturated rings. The van der Waals surface area contributed by atoms with Crippen LogP contribution in [-0.2, 0) is 0 Å². The Morgan fingerprint density at radius 1 is 1.78 bits per heavy atom. The summed E-state index contributed by atoms with van der Waals surface area (Å²) < 4.78 is 0. The lowest BCUT2D eigenvalue weighted by atomic mass is 10.6. The molecule has 0 aromatic rings. The molecular formula is C5H8Cl2N2. The van der Waals surface area contributed by atoms with Crippen molar-refractivity contribution in [1.82, 2.24) is 0 Å². The number of nitrogens with two attached hydrogens (primary N) is 1. The molecule has 2 nitrogen and oxygen atoms in total. The highest BCUT2D eigenvalue weighted by Crippen LogP contribution is 1.98. The topological polar surface area (TPSA) is 38.4 Å². The largest absolute Gasteiger partial charge is 0.405 e. The van der Waals surface area contributed by atoms with E-state index in [9.17, 15) is 0 Å². The maximum absolute atomic E-state index is 5.47. The van der Waals surface area contributed by atoms with Crippen molar-refractivity contribution in [2.75, 3.05) is 0 Å². The van der Waals surface area contributed by atoms with Crippen molar-refractivity contribution < 1.29 is 0 Å². The molecule has 0 aliphatic carbocycles. The van der Waals surface area contributed by atoms with Crippen LogP contribution in [0.1, 0.15) is 6.92 Å². The fourth-order valence-corrected chi connectivity index (χ4v) is 0.667. The lowest BCUT2D eigenvalue weighted by Crippen LogP contribution is -1.90. The zero-order valence-corrected chi connectivity index (χ0v) is 6.52. The van der Waals surface area contributed by atoms with Gasteiger partial charge < -0.3 is 5.73 Å². The molecule has 0 aromatic carbocycles.